The SMILES string of the molecule is COc1ccc(C2CCCN2Cc2nc3scc(-c4ccccc4)c3c(=O)[nH]2)c(OC)c1. The third kappa shape index (κ3) is 3.78. The normalized spacial score (nSPS) is 16.5. The molecule has 164 valence electrons. The van der Waals surface area contributed by atoms with Gasteiger partial charge in [0.05, 0.1) is 26.2 Å². The van der Waals surface area contributed by atoms with Gasteiger partial charge in [0.25, 0.3) is 5.56 Å². The van der Waals surface area contributed by atoms with Gasteiger partial charge >= 0.3 is 0 Å². The molecular formula is C25H25N3O3S. The molecule has 3 heterocycles. The number of nitrogens with zero attached hydrogens (tertiary/aromatic N) is 2. The number of aromatic nitrogens is 2. The highest BCUT2D eigenvalue weighted by Crippen LogP contribution is 2.39. The molecule has 2 aromatic carbocycles. The summed E-state index contributed by atoms with van der Waals surface area (Å²) in [6, 6.07) is 16.2. The Morgan fingerprint density at radius 2 is 2.00 bits per heavy atom. The Kier molecular flexibility index (Phi) is 5.68. The van der Waals surface area contributed by atoms with Crippen molar-refractivity contribution in [2.45, 2.75) is 25.4 Å². The van der Waals surface area contributed by atoms with Crippen molar-refractivity contribution < 1.29 is 9.47 Å². The molecular weight excluding hydrogens is 422 g/mol. The predicted molar refractivity (Wildman–Crippen MR) is 128 cm³/mol. The second-order valence-corrected chi connectivity index (χ2v) is 8.80. The van der Waals surface area contributed by atoms with Crippen LogP contribution in [-0.4, -0.2) is 35.6 Å². The molecule has 6 nitrogen and oxygen atoms in total. The van der Waals surface area contributed by atoms with Crippen molar-refractivity contribution in [3.05, 3.63) is 75.7 Å². The average Bonchev–Trinajstić information content (AvgIpc) is 3.46. The van der Waals surface area contributed by atoms with Crippen LogP contribution in [0.25, 0.3) is 21.3 Å². The first kappa shape index (κ1) is 20.7. The summed E-state index contributed by atoms with van der Waals surface area (Å²) in [5.41, 5.74) is 3.03. The van der Waals surface area contributed by atoms with Crippen LogP contribution in [0.1, 0.15) is 30.3 Å². The third-order valence-corrected chi connectivity index (χ3v) is 6.97. The standard InChI is InChI=1S/C25H25N3O3S/c1-30-17-10-11-18(21(13-17)31-2)20-9-6-12-28(20)14-22-26-24(29)23-19(15-32-25(23)27-22)16-7-4-3-5-8-16/h3-5,7-8,10-11,13,15,20H,6,9,12,14H2,1-2H3,(H,26,27,29). The fourth-order valence-electron chi connectivity index (χ4n) is 4.55. The van der Waals surface area contributed by atoms with E-state index in [1.54, 1.807) is 14.2 Å². The lowest BCUT2D eigenvalue weighted by Gasteiger charge is -2.26. The summed E-state index contributed by atoms with van der Waals surface area (Å²) in [6.45, 7) is 1.53. The fourth-order valence-corrected chi connectivity index (χ4v) is 5.52. The molecule has 2 aromatic heterocycles. The lowest BCUT2D eigenvalue weighted by Crippen LogP contribution is -2.26. The number of fused-ring (bicyclic) bond motifs is 1. The van der Waals surface area contributed by atoms with Gasteiger partial charge in [0, 0.05) is 28.6 Å². The molecule has 1 saturated heterocycles. The number of nitrogens with one attached hydrogen (secondary N) is 1. The monoisotopic (exact) mass is 447 g/mol. The van der Waals surface area contributed by atoms with Gasteiger partial charge in [0.1, 0.15) is 22.2 Å². The molecule has 5 rings (SSSR count). The first-order valence-electron chi connectivity index (χ1n) is 10.7. The molecule has 1 aliphatic heterocycles. The number of methoxy groups -OCH3 is 2. The molecule has 32 heavy (non-hydrogen) atoms. The number of hydrogen-bond donors (Lipinski definition) is 1. The summed E-state index contributed by atoms with van der Waals surface area (Å²) in [4.78, 5) is 24.0. The summed E-state index contributed by atoms with van der Waals surface area (Å²) in [7, 11) is 3.34. The van der Waals surface area contributed by atoms with Gasteiger partial charge in [-0.3, -0.25) is 9.69 Å². The summed E-state index contributed by atoms with van der Waals surface area (Å²) in [5.74, 6) is 2.30. The number of H-pyrrole nitrogens is 1. The Morgan fingerprint density at radius 1 is 1.16 bits per heavy atom. The van der Waals surface area contributed by atoms with Crippen molar-refractivity contribution >= 4 is 21.6 Å². The second-order valence-electron chi connectivity index (χ2n) is 7.94. The predicted octanol–water partition coefficient (Wildman–Crippen LogP) is 5.01. The van der Waals surface area contributed by atoms with E-state index < -0.39 is 0 Å². The molecule has 1 aliphatic rings. The van der Waals surface area contributed by atoms with Crippen LogP contribution < -0.4 is 15.0 Å². The number of hydrogen-bond acceptors (Lipinski definition) is 6. The number of thiophene rings is 1. The smallest absolute Gasteiger partial charge is 0.260 e. The Labute approximate surface area is 190 Å². The van der Waals surface area contributed by atoms with E-state index in [1.807, 2.05) is 47.8 Å². The highest BCUT2D eigenvalue weighted by atomic mass is 32.1. The zero-order valence-electron chi connectivity index (χ0n) is 18.1. The summed E-state index contributed by atoms with van der Waals surface area (Å²) >= 11 is 1.52. The lowest BCUT2D eigenvalue weighted by molar-refractivity contribution is 0.237. The zero-order valence-corrected chi connectivity index (χ0v) is 18.9. The van der Waals surface area contributed by atoms with Gasteiger partial charge in [0.15, 0.2) is 0 Å². The minimum atomic E-state index is -0.0807. The van der Waals surface area contributed by atoms with Gasteiger partial charge in [-0.1, -0.05) is 36.4 Å². The van der Waals surface area contributed by atoms with E-state index in [9.17, 15) is 4.79 Å². The Balaban J connectivity index is 1.45. The molecule has 1 fully saturated rings. The molecule has 4 aromatic rings. The van der Waals surface area contributed by atoms with Crippen molar-refractivity contribution in [3.8, 4) is 22.6 Å². The van der Waals surface area contributed by atoms with Crippen molar-refractivity contribution in [1.29, 1.82) is 0 Å². The van der Waals surface area contributed by atoms with Gasteiger partial charge in [-0.15, -0.1) is 11.3 Å². The minimum absolute atomic E-state index is 0.0807. The van der Waals surface area contributed by atoms with Crippen molar-refractivity contribution in [1.82, 2.24) is 14.9 Å². The largest absolute Gasteiger partial charge is 0.497 e. The van der Waals surface area contributed by atoms with Crippen molar-refractivity contribution in [2.75, 3.05) is 20.8 Å². The zero-order chi connectivity index (χ0) is 22.1. The summed E-state index contributed by atoms with van der Waals surface area (Å²) < 4.78 is 11.0. The van der Waals surface area contributed by atoms with Gasteiger partial charge in [-0.2, -0.15) is 0 Å². The Morgan fingerprint density at radius 3 is 2.78 bits per heavy atom. The number of benzene rings is 2. The number of rotatable bonds is 6. The van der Waals surface area contributed by atoms with E-state index >= 15 is 0 Å². The molecule has 0 saturated carbocycles. The van der Waals surface area contributed by atoms with Crippen molar-refractivity contribution in [3.63, 3.8) is 0 Å². The van der Waals surface area contributed by atoms with Crippen LogP contribution in [0.5, 0.6) is 11.5 Å². The molecule has 1 atom stereocenters. The number of ether oxygens (including phenoxy) is 2. The fraction of sp³-hybridized carbons (Fsp3) is 0.280. The van der Waals surface area contributed by atoms with E-state index in [4.69, 9.17) is 14.5 Å². The summed E-state index contributed by atoms with van der Waals surface area (Å²) in [5, 5.41) is 2.69. The molecule has 0 aliphatic carbocycles. The number of aromatic amines is 1. The first-order valence-corrected chi connectivity index (χ1v) is 11.6. The van der Waals surface area contributed by atoms with E-state index in [0.717, 1.165) is 52.4 Å². The molecule has 1 N–H and O–H groups in total. The topological polar surface area (TPSA) is 67.5 Å². The molecule has 0 radical (unpaired) electrons. The maximum atomic E-state index is 13.0. The van der Waals surface area contributed by atoms with Gasteiger partial charge in [-0.05, 0) is 31.0 Å². The van der Waals surface area contributed by atoms with Crippen LogP contribution in [-0.2, 0) is 6.54 Å². The van der Waals surface area contributed by atoms with E-state index in [0.29, 0.717) is 17.8 Å². The van der Waals surface area contributed by atoms with Gasteiger partial charge in [-0.25, -0.2) is 4.98 Å². The molecule has 0 bridgehead atoms. The maximum absolute atomic E-state index is 13.0. The Bertz CT molecular complexity index is 1300. The highest BCUT2D eigenvalue weighted by molar-refractivity contribution is 7.17. The molecule has 7 heteroatoms. The quantitative estimate of drug-likeness (QED) is 0.450. The van der Waals surface area contributed by atoms with Crippen LogP contribution in [0.15, 0.2) is 58.7 Å². The summed E-state index contributed by atoms with van der Waals surface area (Å²) in [6.07, 6.45) is 2.12. The van der Waals surface area contributed by atoms with E-state index in [1.165, 1.54) is 11.3 Å². The van der Waals surface area contributed by atoms with Crippen molar-refractivity contribution in [2.24, 2.45) is 0 Å². The van der Waals surface area contributed by atoms with E-state index in [-0.39, 0.29) is 11.6 Å². The lowest BCUT2D eigenvalue weighted by atomic mass is 10.0. The molecule has 0 amide bonds. The van der Waals surface area contributed by atoms with Crippen LogP contribution in [0, 0.1) is 0 Å². The average molecular weight is 448 g/mol. The first-order chi connectivity index (χ1) is 15.7. The van der Waals surface area contributed by atoms with Gasteiger partial charge < -0.3 is 14.5 Å². The second kappa shape index (κ2) is 8.76. The van der Waals surface area contributed by atoms with Crippen LogP contribution in [0.2, 0.25) is 0 Å². The number of likely N-dealkylation sites (tertiary alicyclic amines) is 1. The van der Waals surface area contributed by atoms with Gasteiger partial charge in [0.2, 0.25) is 0 Å². The van der Waals surface area contributed by atoms with E-state index in [2.05, 4.69) is 16.0 Å². The molecule has 1 unspecified atom stereocenters. The van der Waals surface area contributed by atoms with Crippen LogP contribution >= 0.6 is 11.3 Å². The Hall–Kier alpha value is -3.16. The minimum Gasteiger partial charge on any atom is -0.497 e. The third-order valence-electron chi connectivity index (χ3n) is 6.09. The van der Waals surface area contributed by atoms with Crippen LogP contribution in [0.4, 0.5) is 0 Å². The molecule has 0 spiro atoms. The highest BCUT2D eigenvalue weighted by Gasteiger charge is 2.29. The maximum Gasteiger partial charge on any atom is 0.260 e. The van der Waals surface area contributed by atoms with Crippen LogP contribution in [0.3, 0.4) is 0 Å².